The van der Waals surface area contributed by atoms with E-state index in [0.717, 1.165) is 28.9 Å². The van der Waals surface area contributed by atoms with Gasteiger partial charge in [-0.05, 0) is 24.3 Å². The van der Waals surface area contributed by atoms with Crippen molar-refractivity contribution in [2.45, 2.75) is 31.2 Å². The Morgan fingerprint density at radius 3 is 2.94 bits per heavy atom. The van der Waals surface area contributed by atoms with Crippen molar-refractivity contribution in [1.82, 2.24) is 9.97 Å². The lowest BCUT2D eigenvalue weighted by atomic mass is 10.0. The number of alkyl halides is 1. The Morgan fingerprint density at radius 1 is 1.35 bits per heavy atom. The molecule has 0 bridgehead atoms. The monoisotopic (exact) mass is 267 g/mol. The smallest absolute Gasteiger partial charge is 0.138 e. The molecule has 0 aromatic carbocycles. The SMILES string of the molecule is ClCC1(Nc2ncnc3sccc23)CCCC1. The fourth-order valence-electron chi connectivity index (χ4n) is 2.48. The standard InChI is InChI=1S/C12H14ClN3S/c13-7-12(4-1-2-5-12)16-10-9-3-6-17-11(9)15-8-14-10/h3,6,8H,1-2,4-5,7H2,(H,14,15,16). The number of thiophene rings is 1. The number of halogens is 1. The summed E-state index contributed by atoms with van der Waals surface area (Å²) in [6, 6.07) is 2.07. The molecule has 90 valence electrons. The van der Waals surface area contributed by atoms with Crippen molar-refractivity contribution in [3.63, 3.8) is 0 Å². The zero-order valence-corrected chi connectivity index (χ0v) is 11.0. The number of nitrogens with zero attached hydrogens (tertiary/aromatic N) is 2. The van der Waals surface area contributed by atoms with E-state index in [4.69, 9.17) is 11.6 Å². The molecule has 3 nitrogen and oxygen atoms in total. The summed E-state index contributed by atoms with van der Waals surface area (Å²) in [5.74, 6) is 1.57. The van der Waals surface area contributed by atoms with Crippen molar-refractivity contribution in [1.29, 1.82) is 0 Å². The number of hydrogen-bond donors (Lipinski definition) is 1. The van der Waals surface area contributed by atoms with Gasteiger partial charge < -0.3 is 5.32 Å². The molecule has 5 heteroatoms. The van der Waals surface area contributed by atoms with Crippen molar-refractivity contribution < 1.29 is 0 Å². The molecular weight excluding hydrogens is 254 g/mol. The van der Waals surface area contributed by atoms with Crippen molar-refractivity contribution >= 4 is 39.0 Å². The second-order valence-corrected chi connectivity index (χ2v) is 5.77. The van der Waals surface area contributed by atoms with Crippen LogP contribution < -0.4 is 5.32 Å². The van der Waals surface area contributed by atoms with E-state index in [1.807, 2.05) is 5.38 Å². The summed E-state index contributed by atoms with van der Waals surface area (Å²) >= 11 is 7.78. The van der Waals surface area contributed by atoms with Crippen LogP contribution in [0.2, 0.25) is 0 Å². The lowest BCUT2D eigenvalue weighted by Crippen LogP contribution is -2.37. The second-order valence-electron chi connectivity index (χ2n) is 4.61. The quantitative estimate of drug-likeness (QED) is 0.863. The predicted molar refractivity (Wildman–Crippen MR) is 73.0 cm³/mol. The van der Waals surface area contributed by atoms with Crippen LogP contribution in [0.5, 0.6) is 0 Å². The molecule has 2 heterocycles. The van der Waals surface area contributed by atoms with Crippen molar-refractivity contribution in [2.75, 3.05) is 11.2 Å². The molecule has 2 aromatic heterocycles. The van der Waals surface area contributed by atoms with Gasteiger partial charge in [0.25, 0.3) is 0 Å². The minimum atomic E-state index is 0.0325. The zero-order chi connectivity index (χ0) is 11.7. The fourth-order valence-corrected chi connectivity index (χ4v) is 3.55. The summed E-state index contributed by atoms with van der Waals surface area (Å²) in [6.07, 6.45) is 6.38. The van der Waals surface area contributed by atoms with Gasteiger partial charge in [-0.15, -0.1) is 22.9 Å². The van der Waals surface area contributed by atoms with E-state index in [0.29, 0.717) is 5.88 Å². The predicted octanol–water partition coefficient (Wildman–Crippen LogP) is 3.65. The Bertz CT molecular complexity index is 519. The molecule has 0 saturated heterocycles. The first-order chi connectivity index (χ1) is 8.33. The van der Waals surface area contributed by atoms with Gasteiger partial charge in [-0.1, -0.05) is 12.8 Å². The van der Waals surface area contributed by atoms with Gasteiger partial charge in [-0.2, -0.15) is 0 Å². The summed E-state index contributed by atoms with van der Waals surface area (Å²) in [5.41, 5.74) is 0.0325. The normalized spacial score (nSPS) is 18.6. The van der Waals surface area contributed by atoms with Crippen LogP contribution in [0.1, 0.15) is 25.7 Å². The first kappa shape index (κ1) is 11.2. The first-order valence-corrected chi connectivity index (χ1v) is 7.27. The van der Waals surface area contributed by atoms with E-state index >= 15 is 0 Å². The van der Waals surface area contributed by atoms with Crippen LogP contribution in [-0.4, -0.2) is 21.4 Å². The Morgan fingerprint density at radius 2 is 2.18 bits per heavy atom. The highest BCUT2D eigenvalue weighted by molar-refractivity contribution is 7.16. The molecule has 17 heavy (non-hydrogen) atoms. The first-order valence-electron chi connectivity index (χ1n) is 5.85. The van der Waals surface area contributed by atoms with E-state index in [1.165, 1.54) is 12.8 Å². The summed E-state index contributed by atoms with van der Waals surface area (Å²) in [7, 11) is 0. The molecule has 1 aliphatic rings. The molecule has 1 saturated carbocycles. The van der Waals surface area contributed by atoms with Gasteiger partial charge in [0.2, 0.25) is 0 Å². The average Bonchev–Trinajstić information content (AvgIpc) is 2.98. The molecule has 0 amide bonds. The van der Waals surface area contributed by atoms with Crippen molar-refractivity contribution in [2.24, 2.45) is 0 Å². The van der Waals surface area contributed by atoms with Gasteiger partial charge >= 0.3 is 0 Å². The maximum Gasteiger partial charge on any atom is 0.138 e. The number of hydrogen-bond acceptors (Lipinski definition) is 4. The molecule has 2 aromatic rings. The van der Waals surface area contributed by atoms with E-state index in [9.17, 15) is 0 Å². The van der Waals surface area contributed by atoms with Gasteiger partial charge in [0.05, 0.1) is 10.9 Å². The molecule has 0 radical (unpaired) electrons. The number of rotatable bonds is 3. The fraction of sp³-hybridized carbons (Fsp3) is 0.500. The minimum Gasteiger partial charge on any atom is -0.363 e. The van der Waals surface area contributed by atoms with E-state index in [-0.39, 0.29) is 5.54 Å². The molecule has 0 atom stereocenters. The summed E-state index contributed by atoms with van der Waals surface area (Å²) in [6.45, 7) is 0. The molecule has 1 N–H and O–H groups in total. The third kappa shape index (κ3) is 2.00. The number of fused-ring (bicyclic) bond motifs is 1. The largest absolute Gasteiger partial charge is 0.363 e. The van der Waals surface area contributed by atoms with Crippen LogP contribution in [0.25, 0.3) is 10.2 Å². The minimum absolute atomic E-state index is 0.0325. The van der Waals surface area contributed by atoms with Crippen LogP contribution in [0.15, 0.2) is 17.8 Å². The molecule has 0 spiro atoms. The van der Waals surface area contributed by atoms with Crippen LogP contribution in [0.4, 0.5) is 5.82 Å². The van der Waals surface area contributed by atoms with Gasteiger partial charge in [-0.25, -0.2) is 9.97 Å². The number of aromatic nitrogens is 2. The van der Waals surface area contributed by atoms with Crippen LogP contribution in [0, 0.1) is 0 Å². The van der Waals surface area contributed by atoms with E-state index < -0.39 is 0 Å². The van der Waals surface area contributed by atoms with Crippen molar-refractivity contribution in [3.8, 4) is 0 Å². The van der Waals surface area contributed by atoms with E-state index in [1.54, 1.807) is 17.7 Å². The highest BCUT2D eigenvalue weighted by Gasteiger charge is 2.33. The Labute approximate surface area is 109 Å². The third-order valence-electron chi connectivity index (χ3n) is 3.46. The lowest BCUT2D eigenvalue weighted by Gasteiger charge is -2.28. The maximum absolute atomic E-state index is 6.14. The van der Waals surface area contributed by atoms with Gasteiger partial charge in [0, 0.05) is 5.88 Å². The lowest BCUT2D eigenvalue weighted by molar-refractivity contribution is 0.538. The highest BCUT2D eigenvalue weighted by Crippen LogP contribution is 2.35. The zero-order valence-electron chi connectivity index (χ0n) is 9.45. The Hall–Kier alpha value is -0.870. The van der Waals surface area contributed by atoms with Crippen LogP contribution in [-0.2, 0) is 0 Å². The molecule has 3 rings (SSSR count). The topological polar surface area (TPSA) is 37.8 Å². The molecular formula is C12H14ClN3S. The van der Waals surface area contributed by atoms with Crippen LogP contribution >= 0.6 is 22.9 Å². The van der Waals surface area contributed by atoms with E-state index in [2.05, 4.69) is 21.4 Å². The second kappa shape index (κ2) is 4.42. The Kier molecular flexibility index (Phi) is 2.92. The summed E-state index contributed by atoms with van der Waals surface area (Å²) in [5, 5.41) is 6.71. The van der Waals surface area contributed by atoms with Crippen molar-refractivity contribution in [3.05, 3.63) is 17.8 Å². The molecule has 0 unspecified atom stereocenters. The average molecular weight is 268 g/mol. The molecule has 1 aliphatic carbocycles. The third-order valence-corrected chi connectivity index (χ3v) is 4.79. The molecule has 1 fully saturated rings. The number of anilines is 1. The Balaban J connectivity index is 1.96. The maximum atomic E-state index is 6.14. The van der Waals surface area contributed by atoms with Gasteiger partial charge in [-0.3, -0.25) is 0 Å². The van der Waals surface area contributed by atoms with Gasteiger partial charge in [0.1, 0.15) is 17.0 Å². The van der Waals surface area contributed by atoms with Crippen LogP contribution in [0.3, 0.4) is 0 Å². The number of nitrogens with one attached hydrogen (secondary N) is 1. The summed E-state index contributed by atoms with van der Waals surface area (Å²) < 4.78 is 0. The summed E-state index contributed by atoms with van der Waals surface area (Å²) in [4.78, 5) is 9.65. The van der Waals surface area contributed by atoms with Gasteiger partial charge in [0.15, 0.2) is 0 Å². The highest BCUT2D eigenvalue weighted by atomic mass is 35.5. The molecule has 0 aliphatic heterocycles.